The normalized spacial score (nSPS) is 10.8. The highest BCUT2D eigenvalue weighted by Gasteiger charge is 2.14. The molecule has 0 bridgehead atoms. The first-order valence-electron chi connectivity index (χ1n) is 3.32. The summed E-state index contributed by atoms with van der Waals surface area (Å²) >= 11 is 8.54. The second-order valence-corrected chi connectivity index (χ2v) is 3.29. The van der Waals surface area contributed by atoms with Crippen molar-refractivity contribution in [3.05, 3.63) is 32.7 Å². The van der Waals surface area contributed by atoms with Crippen molar-refractivity contribution in [1.29, 1.82) is 0 Å². The van der Waals surface area contributed by atoms with E-state index in [2.05, 4.69) is 15.9 Å². The van der Waals surface area contributed by atoms with Gasteiger partial charge in [0.15, 0.2) is 0 Å². The summed E-state index contributed by atoms with van der Waals surface area (Å²) < 4.78 is 24.4. The van der Waals surface area contributed by atoms with Gasteiger partial charge in [0, 0.05) is 10.9 Å². The van der Waals surface area contributed by atoms with E-state index in [0.717, 1.165) is 0 Å². The van der Waals surface area contributed by atoms with Crippen molar-refractivity contribution in [3.63, 3.8) is 0 Å². The lowest BCUT2D eigenvalue weighted by molar-refractivity contribution is 0.146. The Balaban J connectivity index is 3.29. The van der Waals surface area contributed by atoms with Crippen molar-refractivity contribution in [2.45, 2.75) is 11.8 Å². The van der Waals surface area contributed by atoms with Crippen LogP contribution in [0.15, 0.2) is 10.9 Å². The highest BCUT2D eigenvalue weighted by atomic mass is 79.9. The van der Waals surface area contributed by atoms with E-state index in [1.807, 2.05) is 4.98 Å². The fourth-order valence-electron chi connectivity index (χ4n) is 0.817. The molecule has 0 aromatic carbocycles. The van der Waals surface area contributed by atoms with Gasteiger partial charge >= 0.3 is 0 Å². The third-order valence-corrected chi connectivity index (χ3v) is 2.38. The molecule has 0 unspecified atom stereocenters. The molecular formula is C7H5BrClF2NO. The average molecular weight is 272 g/mol. The molecule has 2 nitrogen and oxygen atoms in total. The number of hydrogen-bond donors (Lipinski definition) is 1. The fraction of sp³-hybridized carbons (Fsp3) is 0.286. The number of alkyl halides is 3. The lowest BCUT2D eigenvalue weighted by Gasteiger charge is -2.03. The van der Waals surface area contributed by atoms with Crippen molar-refractivity contribution in [2.24, 2.45) is 0 Å². The number of halogens is 4. The number of nitrogens with one attached hydrogen (secondary N) is 1. The van der Waals surface area contributed by atoms with Crippen molar-refractivity contribution in [1.82, 2.24) is 4.98 Å². The molecular weight excluding hydrogens is 267 g/mol. The van der Waals surface area contributed by atoms with Crippen LogP contribution in [0.1, 0.15) is 17.7 Å². The predicted octanol–water partition coefficient (Wildman–Crippen LogP) is 2.86. The smallest absolute Gasteiger partial charge is 0.279 e. The number of hydrogen-bond acceptors (Lipinski definition) is 1. The van der Waals surface area contributed by atoms with Crippen LogP contribution in [0.5, 0.6) is 0 Å². The first-order valence-corrected chi connectivity index (χ1v) is 4.82. The van der Waals surface area contributed by atoms with E-state index in [0.29, 0.717) is 5.56 Å². The quantitative estimate of drug-likeness (QED) is 0.825. The molecule has 0 amide bonds. The van der Waals surface area contributed by atoms with Gasteiger partial charge < -0.3 is 4.98 Å². The van der Waals surface area contributed by atoms with E-state index in [1.54, 1.807) is 0 Å². The number of aromatic nitrogens is 1. The Bertz CT molecular complexity index is 366. The second kappa shape index (κ2) is 4.19. The molecule has 1 aromatic heterocycles. The van der Waals surface area contributed by atoms with Crippen LogP contribution in [-0.4, -0.2) is 4.98 Å². The standard InChI is InChI=1S/C7H5BrClF2NO/c8-2-3-1-4(9)5(6(10)11)12-7(3)13/h1,6H,2H2,(H,12,13). The largest absolute Gasteiger partial charge is 0.320 e. The van der Waals surface area contributed by atoms with Gasteiger partial charge in [-0.2, -0.15) is 0 Å². The Morgan fingerprint density at radius 2 is 2.23 bits per heavy atom. The van der Waals surface area contributed by atoms with Crippen LogP contribution in [0, 0.1) is 0 Å². The molecule has 0 saturated heterocycles. The highest BCUT2D eigenvalue weighted by molar-refractivity contribution is 9.08. The molecule has 1 rings (SSSR count). The minimum absolute atomic E-state index is 0.121. The summed E-state index contributed by atoms with van der Waals surface area (Å²) in [4.78, 5) is 13.1. The zero-order valence-electron chi connectivity index (χ0n) is 6.28. The Labute approximate surface area is 86.0 Å². The Hall–Kier alpha value is -0.420. The van der Waals surface area contributed by atoms with Crippen LogP contribution < -0.4 is 5.56 Å². The molecule has 0 fully saturated rings. The summed E-state index contributed by atoms with van der Waals surface area (Å²) in [6.07, 6.45) is -2.76. The van der Waals surface area contributed by atoms with Crippen LogP contribution in [0.4, 0.5) is 8.78 Å². The van der Waals surface area contributed by atoms with Crippen LogP contribution in [-0.2, 0) is 5.33 Å². The molecule has 0 saturated carbocycles. The van der Waals surface area contributed by atoms with Crippen LogP contribution in [0.25, 0.3) is 0 Å². The molecule has 13 heavy (non-hydrogen) atoms. The van der Waals surface area contributed by atoms with Crippen LogP contribution in [0.2, 0.25) is 5.02 Å². The monoisotopic (exact) mass is 271 g/mol. The molecule has 1 aromatic rings. The van der Waals surface area contributed by atoms with Gasteiger partial charge in [-0.3, -0.25) is 4.79 Å². The molecule has 0 atom stereocenters. The van der Waals surface area contributed by atoms with Crippen molar-refractivity contribution < 1.29 is 8.78 Å². The first kappa shape index (κ1) is 10.7. The number of H-pyrrole nitrogens is 1. The fourth-order valence-corrected chi connectivity index (χ4v) is 1.49. The number of pyridine rings is 1. The lowest BCUT2D eigenvalue weighted by Crippen LogP contribution is -2.14. The highest BCUT2D eigenvalue weighted by Crippen LogP contribution is 2.24. The first-order chi connectivity index (χ1) is 6.06. The summed E-state index contributed by atoms with van der Waals surface area (Å²) in [5.41, 5.74) is -0.748. The van der Waals surface area contributed by atoms with Gasteiger partial charge in [0.1, 0.15) is 5.69 Å². The van der Waals surface area contributed by atoms with Gasteiger partial charge in [0.2, 0.25) is 0 Å². The molecule has 0 aliphatic heterocycles. The Kier molecular flexibility index (Phi) is 3.44. The van der Waals surface area contributed by atoms with Gasteiger partial charge in [-0.15, -0.1) is 0 Å². The maximum Gasteiger partial charge on any atom is 0.279 e. The number of aromatic amines is 1. The van der Waals surface area contributed by atoms with Gasteiger partial charge in [-0.05, 0) is 6.07 Å². The zero-order valence-corrected chi connectivity index (χ0v) is 8.62. The van der Waals surface area contributed by atoms with Crippen molar-refractivity contribution in [2.75, 3.05) is 0 Å². The van der Waals surface area contributed by atoms with Gasteiger partial charge in [-0.1, -0.05) is 27.5 Å². The van der Waals surface area contributed by atoms with Crippen molar-refractivity contribution in [3.8, 4) is 0 Å². The van der Waals surface area contributed by atoms with Gasteiger partial charge in [-0.25, -0.2) is 8.78 Å². The van der Waals surface area contributed by atoms with Crippen LogP contribution >= 0.6 is 27.5 Å². The van der Waals surface area contributed by atoms with E-state index in [1.165, 1.54) is 6.07 Å². The molecule has 0 radical (unpaired) electrons. The third kappa shape index (κ3) is 2.28. The molecule has 72 valence electrons. The lowest BCUT2D eigenvalue weighted by atomic mass is 10.3. The molecule has 0 spiro atoms. The summed E-state index contributed by atoms with van der Waals surface area (Å²) in [5, 5.41) is 0.162. The predicted molar refractivity (Wildman–Crippen MR) is 49.7 cm³/mol. The SMILES string of the molecule is O=c1[nH]c(C(F)F)c(Cl)cc1CBr. The van der Waals surface area contributed by atoms with Gasteiger partial charge in [0.25, 0.3) is 12.0 Å². The molecule has 0 aliphatic carbocycles. The second-order valence-electron chi connectivity index (χ2n) is 2.32. The van der Waals surface area contributed by atoms with Crippen molar-refractivity contribution >= 4 is 27.5 Å². The Morgan fingerprint density at radius 3 is 2.69 bits per heavy atom. The van der Waals surface area contributed by atoms with Gasteiger partial charge in [0.05, 0.1) is 5.02 Å². The summed E-state index contributed by atoms with van der Waals surface area (Å²) in [6, 6.07) is 1.23. The third-order valence-electron chi connectivity index (χ3n) is 1.46. The maximum absolute atomic E-state index is 12.2. The Morgan fingerprint density at radius 1 is 1.62 bits per heavy atom. The van der Waals surface area contributed by atoms with E-state index in [9.17, 15) is 13.6 Å². The maximum atomic E-state index is 12.2. The van der Waals surface area contributed by atoms with E-state index < -0.39 is 17.7 Å². The summed E-state index contributed by atoms with van der Waals surface area (Å²) in [6.45, 7) is 0. The summed E-state index contributed by atoms with van der Waals surface area (Å²) in [7, 11) is 0. The molecule has 1 N–H and O–H groups in total. The van der Waals surface area contributed by atoms with E-state index in [4.69, 9.17) is 11.6 Å². The number of rotatable bonds is 2. The topological polar surface area (TPSA) is 32.9 Å². The zero-order chi connectivity index (χ0) is 10.0. The minimum Gasteiger partial charge on any atom is -0.320 e. The summed E-state index contributed by atoms with van der Waals surface area (Å²) in [5.74, 6) is 0. The molecule has 1 heterocycles. The van der Waals surface area contributed by atoms with Crippen LogP contribution in [0.3, 0.4) is 0 Å². The van der Waals surface area contributed by atoms with E-state index in [-0.39, 0.29) is 10.4 Å². The average Bonchev–Trinajstić information content (AvgIpc) is 2.07. The minimum atomic E-state index is -2.76. The van der Waals surface area contributed by atoms with E-state index >= 15 is 0 Å². The molecule has 6 heteroatoms. The molecule has 0 aliphatic rings.